The molecule has 1 heterocycles. The van der Waals surface area contributed by atoms with Crippen LogP contribution in [0.2, 0.25) is 0 Å². The molecule has 0 amide bonds. The molecule has 0 radical (unpaired) electrons. The van der Waals surface area contributed by atoms with Crippen LogP contribution in [-0.2, 0) is 4.74 Å². The zero-order valence-corrected chi connectivity index (χ0v) is 11.7. The van der Waals surface area contributed by atoms with Gasteiger partial charge in [-0.25, -0.2) is 0 Å². The predicted molar refractivity (Wildman–Crippen MR) is 68.8 cm³/mol. The molecule has 1 unspecified atom stereocenters. The maximum Gasteiger partial charge on any atom is 0.243 e. The Morgan fingerprint density at radius 1 is 1.47 bits per heavy atom. The van der Waals surface area contributed by atoms with Crippen molar-refractivity contribution >= 4 is 11.8 Å². The van der Waals surface area contributed by atoms with E-state index in [9.17, 15) is 0 Å². The van der Waals surface area contributed by atoms with Crippen molar-refractivity contribution in [3.8, 4) is 0 Å². The van der Waals surface area contributed by atoms with Gasteiger partial charge in [-0.05, 0) is 24.3 Å². The molecule has 17 heavy (non-hydrogen) atoms. The molecule has 0 saturated heterocycles. The molecule has 2 N–H and O–H groups in total. The van der Waals surface area contributed by atoms with Crippen molar-refractivity contribution in [2.24, 2.45) is 11.7 Å². The summed E-state index contributed by atoms with van der Waals surface area (Å²) in [6.07, 6.45) is 2.74. The number of thioether (sulfide) groups is 1. The topological polar surface area (TPSA) is 74.2 Å². The van der Waals surface area contributed by atoms with Crippen LogP contribution in [0.1, 0.15) is 44.1 Å². The molecule has 0 aliphatic heterocycles. The van der Waals surface area contributed by atoms with Gasteiger partial charge in [0, 0.05) is 7.11 Å². The third kappa shape index (κ3) is 3.97. The van der Waals surface area contributed by atoms with Gasteiger partial charge in [-0.2, -0.15) is 16.7 Å². The van der Waals surface area contributed by atoms with Crippen molar-refractivity contribution in [2.75, 3.05) is 19.1 Å². The minimum Gasteiger partial charge on any atom is -0.373 e. The SMILES string of the molecule is COC(c1noc([C@@H](N)CCSC)n1)C(C)C. The fourth-order valence-corrected chi connectivity index (χ4v) is 2.05. The van der Waals surface area contributed by atoms with Gasteiger partial charge in [0.15, 0.2) is 0 Å². The lowest BCUT2D eigenvalue weighted by atomic mass is 10.1. The van der Waals surface area contributed by atoms with Crippen molar-refractivity contribution in [3.63, 3.8) is 0 Å². The Morgan fingerprint density at radius 3 is 2.71 bits per heavy atom. The Morgan fingerprint density at radius 2 is 2.18 bits per heavy atom. The van der Waals surface area contributed by atoms with E-state index in [2.05, 4.69) is 24.0 Å². The second-order valence-electron chi connectivity index (χ2n) is 4.28. The molecule has 0 fully saturated rings. The van der Waals surface area contributed by atoms with E-state index in [1.54, 1.807) is 18.9 Å². The van der Waals surface area contributed by atoms with Crippen molar-refractivity contribution in [1.82, 2.24) is 10.1 Å². The Balaban J connectivity index is 2.69. The fourth-order valence-electron chi connectivity index (χ4n) is 1.56. The van der Waals surface area contributed by atoms with Crippen LogP contribution in [0.25, 0.3) is 0 Å². The molecule has 0 saturated carbocycles. The van der Waals surface area contributed by atoms with Crippen LogP contribution in [0.4, 0.5) is 0 Å². The number of hydrogen-bond donors (Lipinski definition) is 1. The van der Waals surface area contributed by atoms with E-state index in [-0.39, 0.29) is 12.1 Å². The summed E-state index contributed by atoms with van der Waals surface area (Å²) >= 11 is 1.75. The van der Waals surface area contributed by atoms with E-state index in [4.69, 9.17) is 15.0 Å². The summed E-state index contributed by atoms with van der Waals surface area (Å²) in [4.78, 5) is 4.32. The maximum atomic E-state index is 5.96. The van der Waals surface area contributed by atoms with Gasteiger partial charge in [0.1, 0.15) is 6.10 Å². The third-order valence-electron chi connectivity index (χ3n) is 2.52. The molecule has 2 atom stereocenters. The van der Waals surface area contributed by atoms with Crippen LogP contribution >= 0.6 is 11.8 Å². The Hall–Kier alpha value is -0.590. The summed E-state index contributed by atoms with van der Waals surface area (Å²) in [7, 11) is 1.65. The standard InChI is InChI=1S/C11H21N3O2S/c1-7(2)9(15-3)10-13-11(16-14-10)8(12)5-6-17-4/h7-9H,5-6,12H2,1-4H3/t8-,9?/m0/s1. The average Bonchev–Trinajstić information content (AvgIpc) is 2.75. The second-order valence-corrected chi connectivity index (χ2v) is 5.26. The van der Waals surface area contributed by atoms with Gasteiger partial charge in [0.2, 0.25) is 11.7 Å². The molecule has 5 nitrogen and oxygen atoms in total. The number of nitrogens with two attached hydrogens (primary N) is 1. The zero-order chi connectivity index (χ0) is 12.8. The molecule has 98 valence electrons. The first-order valence-corrected chi connectivity index (χ1v) is 7.10. The molecular weight excluding hydrogens is 238 g/mol. The Bertz CT molecular complexity index is 330. The highest BCUT2D eigenvalue weighted by Gasteiger charge is 2.23. The van der Waals surface area contributed by atoms with E-state index < -0.39 is 0 Å². The van der Waals surface area contributed by atoms with Crippen molar-refractivity contribution in [3.05, 3.63) is 11.7 Å². The van der Waals surface area contributed by atoms with E-state index in [0.29, 0.717) is 17.6 Å². The van der Waals surface area contributed by atoms with Gasteiger partial charge < -0.3 is 15.0 Å². The maximum absolute atomic E-state index is 5.96. The van der Waals surface area contributed by atoms with Crippen molar-refractivity contribution in [2.45, 2.75) is 32.4 Å². The summed E-state index contributed by atoms with van der Waals surface area (Å²) in [5.74, 6) is 2.36. The highest BCUT2D eigenvalue weighted by molar-refractivity contribution is 7.98. The molecule has 0 bridgehead atoms. The van der Waals surface area contributed by atoms with Crippen LogP contribution in [0.5, 0.6) is 0 Å². The van der Waals surface area contributed by atoms with Gasteiger partial charge in [0.25, 0.3) is 0 Å². The molecule has 0 aromatic carbocycles. The van der Waals surface area contributed by atoms with Crippen molar-refractivity contribution < 1.29 is 9.26 Å². The molecule has 1 aromatic heterocycles. The molecule has 1 aromatic rings. The first-order chi connectivity index (χ1) is 8.10. The molecule has 0 spiro atoms. The lowest BCUT2D eigenvalue weighted by Gasteiger charge is -2.14. The number of ether oxygens (including phenoxy) is 1. The predicted octanol–water partition coefficient (Wildman–Crippen LogP) is 2.17. The summed E-state index contributed by atoms with van der Waals surface area (Å²) in [5, 5.41) is 3.94. The van der Waals surface area contributed by atoms with Crippen LogP contribution < -0.4 is 5.73 Å². The third-order valence-corrected chi connectivity index (χ3v) is 3.17. The van der Waals surface area contributed by atoms with E-state index >= 15 is 0 Å². The zero-order valence-electron chi connectivity index (χ0n) is 10.8. The summed E-state index contributed by atoms with van der Waals surface area (Å²) in [5.41, 5.74) is 5.96. The Labute approximate surface area is 106 Å². The summed E-state index contributed by atoms with van der Waals surface area (Å²) in [6, 6.07) is -0.187. The van der Waals surface area contributed by atoms with Gasteiger partial charge in [-0.15, -0.1) is 0 Å². The van der Waals surface area contributed by atoms with Crippen molar-refractivity contribution in [1.29, 1.82) is 0 Å². The quantitative estimate of drug-likeness (QED) is 0.809. The number of nitrogens with zero attached hydrogens (tertiary/aromatic N) is 2. The molecule has 6 heteroatoms. The van der Waals surface area contributed by atoms with Gasteiger partial charge >= 0.3 is 0 Å². The normalized spacial score (nSPS) is 15.2. The lowest BCUT2D eigenvalue weighted by Crippen LogP contribution is -2.13. The van der Waals surface area contributed by atoms with Crippen LogP contribution in [0.15, 0.2) is 4.52 Å². The monoisotopic (exact) mass is 259 g/mol. The van der Waals surface area contributed by atoms with Gasteiger partial charge in [0.05, 0.1) is 6.04 Å². The first kappa shape index (κ1) is 14.5. The number of hydrogen-bond acceptors (Lipinski definition) is 6. The fraction of sp³-hybridized carbons (Fsp3) is 0.818. The largest absolute Gasteiger partial charge is 0.373 e. The summed E-state index contributed by atoms with van der Waals surface area (Å²) in [6.45, 7) is 4.11. The molecule has 0 aliphatic carbocycles. The number of methoxy groups -OCH3 is 1. The van der Waals surface area contributed by atoms with Crippen LogP contribution in [0.3, 0.4) is 0 Å². The molecule has 0 aliphatic rings. The first-order valence-electron chi connectivity index (χ1n) is 5.71. The second kappa shape index (κ2) is 6.98. The number of aromatic nitrogens is 2. The van der Waals surface area contributed by atoms with E-state index in [1.165, 1.54) is 0 Å². The highest BCUT2D eigenvalue weighted by atomic mass is 32.2. The van der Waals surface area contributed by atoms with E-state index in [1.807, 2.05) is 6.26 Å². The minimum absolute atomic E-state index is 0.139. The van der Waals surface area contributed by atoms with Crippen LogP contribution in [-0.4, -0.2) is 29.3 Å². The highest BCUT2D eigenvalue weighted by Crippen LogP contribution is 2.24. The Kier molecular flexibility index (Phi) is 5.94. The molecular formula is C11H21N3O2S. The minimum atomic E-state index is -0.187. The van der Waals surface area contributed by atoms with Gasteiger partial charge in [-0.1, -0.05) is 19.0 Å². The smallest absolute Gasteiger partial charge is 0.243 e. The lowest BCUT2D eigenvalue weighted by molar-refractivity contribution is 0.0555. The molecule has 1 rings (SSSR count). The van der Waals surface area contributed by atoms with Gasteiger partial charge in [-0.3, -0.25) is 0 Å². The average molecular weight is 259 g/mol. The number of rotatable bonds is 7. The van der Waals surface area contributed by atoms with E-state index in [0.717, 1.165) is 12.2 Å². The summed E-state index contributed by atoms with van der Waals surface area (Å²) < 4.78 is 10.5. The van der Waals surface area contributed by atoms with Crippen LogP contribution in [0, 0.1) is 5.92 Å².